The van der Waals surface area contributed by atoms with Crippen molar-refractivity contribution in [3.8, 4) is 5.69 Å². The van der Waals surface area contributed by atoms with E-state index in [9.17, 15) is 4.79 Å². The van der Waals surface area contributed by atoms with E-state index in [-0.39, 0.29) is 0 Å². The molecule has 0 unspecified atom stereocenters. The molecule has 0 saturated heterocycles. The van der Waals surface area contributed by atoms with E-state index in [0.717, 1.165) is 11.3 Å². The molecule has 20 heavy (non-hydrogen) atoms. The molecule has 2 aromatic rings. The van der Waals surface area contributed by atoms with Crippen LogP contribution in [-0.4, -0.2) is 21.2 Å². The Morgan fingerprint density at radius 1 is 1.35 bits per heavy atom. The summed E-state index contributed by atoms with van der Waals surface area (Å²) in [6.45, 7) is 5.92. The maximum atomic E-state index is 11.7. The van der Waals surface area contributed by atoms with E-state index in [1.165, 1.54) is 0 Å². The Morgan fingerprint density at radius 3 is 2.75 bits per heavy atom. The highest BCUT2D eigenvalue weighted by Gasteiger charge is 2.16. The molecule has 0 saturated carbocycles. The lowest BCUT2D eigenvalue weighted by molar-refractivity contribution is 0.0523. The van der Waals surface area contributed by atoms with Crippen LogP contribution in [0, 0.1) is 0 Å². The van der Waals surface area contributed by atoms with Gasteiger partial charge in [-0.25, -0.2) is 9.78 Å². The zero-order chi connectivity index (χ0) is 14.6. The molecule has 5 heteroatoms. The number of ether oxygens (including phenoxy) is 1. The number of nitrogens with one attached hydrogen (secondary N) is 1. The minimum absolute atomic E-state index is 0.406. The Morgan fingerprint density at radius 2 is 2.10 bits per heavy atom. The van der Waals surface area contributed by atoms with Crippen LogP contribution in [-0.2, 0) is 11.3 Å². The minimum atomic E-state index is -0.492. The molecule has 0 aliphatic heterocycles. The number of benzene rings is 1. The summed E-state index contributed by atoms with van der Waals surface area (Å²) >= 11 is 0. The smallest absolute Gasteiger partial charge is 0.407 e. The van der Waals surface area contributed by atoms with Crippen molar-refractivity contribution in [1.82, 2.24) is 14.9 Å². The summed E-state index contributed by atoms with van der Waals surface area (Å²) in [6, 6.07) is 7.83. The largest absolute Gasteiger partial charge is 0.444 e. The van der Waals surface area contributed by atoms with Crippen molar-refractivity contribution in [2.75, 3.05) is 0 Å². The van der Waals surface area contributed by atoms with Gasteiger partial charge in [0.1, 0.15) is 5.60 Å². The molecule has 5 nitrogen and oxygen atoms in total. The minimum Gasteiger partial charge on any atom is -0.444 e. The van der Waals surface area contributed by atoms with Gasteiger partial charge in [0, 0.05) is 18.9 Å². The van der Waals surface area contributed by atoms with Crippen molar-refractivity contribution in [2.24, 2.45) is 0 Å². The Kier molecular flexibility index (Phi) is 4.08. The first-order valence-corrected chi connectivity index (χ1v) is 6.49. The highest BCUT2D eigenvalue weighted by Crippen LogP contribution is 2.14. The molecule has 0 bridgehead atoms. The van der Waals surface area contributed by atoms with Gasteiger partial charge in [0.25, 0.3) is 0 Å². The second kappa shape index (κ2) is 5.77. The van der Waals surface area contributed by atoms with Gasteiger partial charge in [0.2, 0.25) is 0 Å². The van der Waals surface area contributed by atoms with Crippen molar-refractivity contribution in [3.63, 3.8) is 0 Å². The van der Waals surface area contributed by atoms with E-state index >= 15 is 0 Å². The topological polar surface area (TPSA) is 56.1 Å². The number of imidazole rings is 1. The van der Waals surface area contributed by atoms with Gasteiger partial charge < -0.3 is 14.6 Å². The van der Waals surface area contributed by atoms with Crippen molar-refractivity contribution >= 4 is 6.09 Å². The van der Waals surface area contributed by atoms with Crippen molar-refractivity contribution in [3.05, 3.63) is 48.5 Å². The van der Waals surface area contributed by atoms with Crippen LogP contribution in [0.15, 0.2) is 43.0 Å². The first-order valence-electron chi connectivity index (χ1n) is 6.49. The van der Waals surface area contributed by atoms with E-state index in [4.69, 9.17) is 4.74 Å². The summed E-state index contributed by atoms with van der Waals surface area (Å²) in [4.78, 5) is 15.7. The van der Waals surface area contributed by atoms with Gasteiger partial charge >= 0.3 is 6.09 Å². The fourth-order valence-corrected chi connectivity index (χ4v) is 1.80. The first-order chi connectivity index (χ1) is 9.46. The second-order valence-corrected chi connectivity index (χ2v) is 5.45. The number of nitrogens with zero attached hydrogens (tertiary/aromatic N) is 2. The Balaban J connectivity index is 2.06. The molecule has 1 N–H and O–H groups in total. The molecule has 0 atom stereocenters. The number of carbonyl (C=O) groups is 1. The van der Waals surface area contributed by atoms with Gasteiger partial charge in [-0.3, -0.25) is 0 Å². The predicted molar refractivity (Wildman–Crippen MR) is 76.6 cm³/mol. The number of hydrogen-bond donors (Lipinski definition) is 1. The maximum absolute atomic E-state index is 11.7. The van der Waals surface area contributed by atoms with Crippen LogP contribution in [0.1, 0.15) is 26.3 Å². The van der Waals surface area contributed by atoms with Crippen LogP contribution in [0.3, 0.4) is 0 Å². The lowest BCUT2D eigenvalue weighted by atomic mass is 10.1. The van der Waals surface area contributed by atoms with Crippen LogP contribution in [0.4, 0.5) is 4.79 Å². The van der Waals surface area contributed by atoms with Gasteiger partial charge in [-0.1, -0.05) is 18.2 Å². The number of aromatic nitrogens is 2. The number of alkyl carbamates (subject to hydrolysis) is 1. The zero-order valence-electron chi connectivity index (χ0n) is 12.0. The molecule has 1 amide bonds. The van der Waals surface area contributed by atoms with E-state index in [1.807, 2.05) is 55.8 Å². The number of para-hydroxylation sites is 1. The average molecular weight is 273 g/mol. The number of amides is 1. The third-order valence-electron chi connectivity index (χ3n) is 2.60. The summed E-state index contributed by atoms with van der Waals surface area (Å²) in [5, 5.41) is 2.76. The van der Waals surface area contributed by atoms with Crippen molar-refractivity contribution in [2.45, 2.75) is 32.9 Å². The lowest BCUT2D eigenvalue weighted by Crippen LogP contribution is -2.32. The summed E-state index contributed by atoms with van der Waals surface area (Å²) in [5.41, 5.74) is 1.49. The summed E-state index contributed by atoms with van der Waals surface area (Å²) in [5.74, 6) is 0. The highest BCUT2D eigenvalue weighted by atomic mass is 16.6. The van der Waals surface area contributed by atoms with E-state index in [0.29, 0.717) is 6.54 Å². The van der Waals surface area contributed by atoms with Gasteiger partial charge in [-0.15, -0.1) is 0 Å². The van der Waals surface area contributed by atoms with Gasteiger partial charge in [0.15, 0.2) is 0 Å². The molecular weight excluding hydrogens is 254 g/mol. The first kappa shape index (κ1) is 14.1. The molecule has 0 radical (unpaired) electrons. The highest BCUT2D eigenvalue weighted by molar-refractivity contribution is 5.67. The quantitative estimate of drug-likeness (QED) is 0.935. The van der Waals surface area contributed by atoms with E-state index in [2.05, 4.69) is 10.3 Å². The van der Waals surface area contributed by atoms with Crippen molar-refractivity contribution < 1.29 is 9.53 Å². The van der Waals surface area contributed by atoms with Crippen molar-refractivity contribution in [1.29, 1.82) is 0 Å². The van der Waals surface area contributed by atoms with E-state index in [1.54, 1.807) is 12.5 Å². The Labute approximate surface area is 118 Å². The zero-order valence-corrected chi connectivity index (χ0v) is 12.0. The van der Waals surface area contributed by atoms with Crippen LogP contribution < -0.4 is 5.32 Å². The molecule has 1 heterocycles. The summed E-state index contributed by atoms with van der Waals surface area (Å²) in [6.07, 6.45) is 4.90. The summed E-state index contributed by atoms with van der Waals surface area (Å²) in [7, 11) is 0. The molecule has 1 aromatic heterocycles. The Bertz CT molecular complexity index is 571. The lowest BCUT2D eigenvalue weighted by Gasteiger charge is -2.20. The average Bonchev–Trinajstić information content (AvgIpc) is 2.88. The molecule has 106 valence electrons. The summed E-state index contributed by atoms with van der Waals surface area (Å²) < 4.78 is 7.13. The van der Waals surface area contributed by atoms with Gasteiger partial charge in [0.05, 0.1) is 12.0 Å². The molecular formula is C15H19N3O2. The predicted octanol–water partition coefficient (Wildman–Crippen LogP) is 2.90. The molecule has 0 aliphatic carbocycles. The third kappa shape index (κ3) is 3.85. The van der Waals surface area contributed by atoms with Crippen LogP contribution >= 0.6 is 0 Å². The maximum Gasteiger partial charge on any atom is 0.407 e. The monoisotopic (exact) mass is 273 g/mol. The molecule has 0 aliphatic rings. The molecule has 2 rings (SSSR count). The molecule has 1 aromatic carbocycles. The van der Waals surface area contributed by atoms with E-state index < -0.39 is 11.7 Å². The van der Waals surface area contributed by atoms with Gasteiger partial charge in [-0.05, 0) is 32.4 Å². The fraction of sp³-hybridized carbons (Fsp3) is 0.333. The Hall–Kier alpha value is -2.30. The number of rotatable bonds is 3. The second-order valence-electron chi connectivity index (χ2n) is 5.45. The van der Waals surface area contributed by atoms with Crippen LogP contribution in [0.5, 0.6) is 0 Å². The molecule has 0 fully saturated rings. The van der Waals surface area contributed by atoms with Gasteiger partial charge in [-0.2, -0.15) is 0 Å². The van der Waals surface area contributed by atoms with Crippen LogP contribution in [0.25, 0.3) is 5.69 Å². The molecule has 0 spiro atoms. The third-order valence-corrected chi connectivity index (χ3v) is 2.60. The SMILES string of the molecule is CC(C)(C)OC(=O)NCc1ccccc1-n1ccnc1. The number of hydrogen-bond acceptors (Lipinski definition) is 3. The fourth-order valence-electron chi connectivity index (χ4n) is 1.80. The normalized spacial score (nSPS) is 11.2. The standard InChI is InChI=1S/C15H19N3O2/c1-15(2,3)20-14(19)17-10-12-6-4-5-7-13(12)18-9-8-16-11-18/h4-9,11H,10H2,1-3H3,(H,17,19). The van der Waals surface area contributed by atoms with Crippen LogP contribution in [0.2, 0.25) is 0 Å². The number of carbonyl (C=O) groups excluding carboxylic acids is 1.